The minimum absolute atomic E-state index is 0.0916. The van der Waals surface area contributed by atoms with Crippen LogP contribution in [0.4, 0.5) is 0 Å². The van der Waals surface area contributed by atoms with Crippen molar-refractivity contribution in [2.75, 3.05) is 12.5 Å². The van der Waals surface area contributed by atoms with Gasteiger partial charge in [-0.05, 0) is 24.6 Å². The first-order chi connectivity index (χ1) is 8.69. The Morgan fingerprint density at radius 2 is 1.94 bits per heavy atom. The van der Waals surface area contributed by atoms with Gasteiger partial charge >= 0.3 is 5.97 Å². The van der Waals surface area contributed by atoms with Crippen LogP contribution in [0.2, 0.25) is 0 Å². The lowest BCUT2D eigenvalue weighted by Crippen LogP contribution is -2.08. The van der Waals surface area contributed by atoms with Crippen LogP contribution in [-0.2, 0) is 9.53 Å². The first-order valence-electron chi connectivity index (χ1n) is 5.54. The molecule has 1 rings (SSSR count). The Morgan fingerprint density at radius 1 is 1.28 bits per heavy atom. The predicted octanol–water partition coefficient (Wildman–Crippen LogP) is 3.99. The number of hydrogen-bond donors (Lipinski definition) is 0. The van der Waals surface area contributed by atoms with E-state index in [1.54, 1.807) is 19.1 Å². The smallest absolute Gasteiger partial charge is 0.335 e. The second-order valence-corrected chi connectivity index (χ2v) is 4.10. The molecule has 4 heteroatoms. The topological polar surface area (TPSA) is 26.3 Å². The largest absolute Gasteiger partial charge is 0.463 e. The third kappa shape index (κ3) is 4.55. The second kappa shape index (κ2) is 7.96. The average Bonchev–Trinajstić information content (AvgIpc) is 2.40. The van der Waals surface area contributed by atoms with Gasteiger partial charge in [0, 0.05) is 5.03 Å². The number of halogens is 2. The summed E-state index contributed by atoms with van der Waals surface area (Å²) in [5.41, 5.74) is 1.26. The van der Waals surface area contributed by atoms with Crippen LogP contribution in [-0.4, -0.2) is 18.5 Å². The van der Waals surface area contributed by atoms with Crippen molar-refractivity contribution in [3.05, 3.63) is 53.6 Å². The fourth-order valence-electron chi connectivity index (χ4n) is 1.26. The van der Waals surface area contributed by atoms with Gasteiger partial charge in [0.25, 0.3) is 0 Å². The Kier molecular flexibility index (Phi) is 6.55. The van der Waals surface area contributed by atoms with E-state index < -0.39 is 5.97 Å². The number of allylic oxidation sites excluding steroid dienone is 2. The van der Waals surface area contributed by atoms with Crippen molar-refractivity contribution in [2.45, 2.75) is 6.92 Å². The summed E-state index contributed by atoms with van der Waals surface area (Å²) in [6.07, 6.45) is 3.23. The number of alkyl halides is 1. The highest BCUT2D eigenvalue weighted by molar-refractivity contribution is 6.48. The van der Waals surface area contributed by atoms with Gasteiger partial charge in [-0.3, -0.25) is 0 Å². The van der Waals surface area contributed by atoms with Gasteiger partial charge in [-0.15, -0.1) is 11.6 Å². The van der Waals surface area contributed by atoms with Gasteiger partial charge in [0.15, 0.2) is 0 Å². The van der Waals surface area contributed by atoms with E-state index in [-0.39, 0.29) is 5.88 Å². The highest BCUT2D eigenvalue weighted by Crippen LogP contribution is 2.18. The van der Waals surface area contributed by atoms with E-state index in [4.69, 9.17) is 27.9 Å². The highest BCUT2D eigenvalue weighted by atomic mass is 35.5. The Labute approximate surface area is 117 Å². The van der Waals surface area contributed by atoms with Crippen molar-refractivity contribution in [3.8, 4) is 0 Å². The van der Waals surface area contributed by atoms with Gasteiger partial charge in [0.1, 0.15) is 0 Å². The van der Waals surface area contributed by atoms with Gasteiger partial charge in [0.2, 0.25) is 0 Å². The summed E-state index contributed by atoms with van der Waals surface area (Å²) in [6, 6.07) is 9.47. The maximum absolute atomic E-state index is 11.5. The molecule has 0 spiro atoms. The molecule has 0 unspecified atom stereocenters. The molecule has 18 heavy (non-hydrogen) atoms. The van der Waals surface area contributed by atoms with Crippen molar-refractivity contribution < 1.29 is 9.53 Å². The Hall–Kier alpha value is -1.25. The van der Waals surface area contributed by atoms with Crippen molar-refractivity contribution in [2.24, 2.45) is 0 Å². The molecule has 0 aliphatic carbocycles. The summed E-state index contributed by atoms with van der Waals surface area (Å²) in [4.78, 5) is 11.5. The highest BCUT2D eigenvalue weighted by Gasteiger charge is 2.07. The first kappa shape index (κ1) is 14.8. The number of benzene rings is 1. The maximum Gasteiger partial charge on any atom is 0.335 e. The van der Waals surface area contributed by atoms with Crippen molar-refractivity contribution in [3.63, 3.8) is 0 Å². The molecule has 96 valence electrons. The summed E-state index contributed by atoms with van der Waals surface area (Å²) < 4.78 is 4.87. The maximum atomic E-state index is 11.5. The van der Waals surface area contributed by atoms with Gasteiger partial charge in [-0.25, -0.2) is 4.79 Å². The summed E-state index contributed by atoms with van der Waals surface area (Å²) in [5.74, 6) is -0.324. The van der Waals surface area contributed by atoms with Crippen LogP contribution in [0.25, 0.3) is 5.03 Å². The van der Waals surface area contributed by atoms with Gasteiger partial charge < -0.3 is 4.74 Å². The number of carbonyl (C=O) groups excluding carboxylic acids is 1. The van der Waals surface area contributed by atoms with E-state index in [1.807, 2.05) is 30.3 Å². The van der Waals surface area contributed by atoms with Crippen LogP contribution < -0.4 is 0 Å². The van der Waals surface area contributed by atoms with Gasteiger partial charge in [-0.2, -0.15) is 0 Å². The van der Waals surface area contributed by atoms with Crippen molar-refractivity contribution >= 4 is 34.2 Å². The molecule has 0 amide bonds. The zero-order valence-corrected chi connectivity index (χ0v) is 11.5. The lowest BCUT2D eigenvalue weighted by molar-refractivity contribution is -0.138. The van der Waals surface area contributed by atoms with E-state index >= 15 is 0 Å². The second-order valence-electron chi connectivity index (χ2n) is 3.43. The van der Waals surface area contributed by atoms with Gasteiger partial charge in [0.05, 0.1) is 18.1 Å². The van der Waals surface area contributed by atoms with E-state index in [1.165, 1.54) is 0 Å². The van der Waals surface area contributed by atoms with Crippen LogP contribution in [0.3, 0.4) is 0 Å². The van der Waals surface area contributed by atoms with Crippen LogP contribution >= 0.6 is 23.2 Å². The number of esters is 1. The molecule has 1 aromatic rings. The summed E-state index contributed by atoms with van der Waals surface area (Å²) in [5, 5.41) is 0.544. The third-order valence-corrected chi connectivity index (χ3v) is 2.79. The van der Waals surface area contributed by atoms with Crippen molar-refractivity contribution in [1.29, 1.82) is 0 Å². The molecule has 0 fully saturated rings. The molecule has 0 heterocycles. The standard InChI is InChI=1S/C14H14Cl2O2/c1-2-18-14(17)12(10-15)8-9-13(16)11-6-4-3-5-7-11/h3-9H,2,10H2,1H3/b12-8+,13-9-. The van der Waals surface area contributed by atoms with Crippen LogP contribution in [0.5, 0.6) is 0 Å². The summed E-state index contributed by atoms with van der Waals surface area (Å²) in [6.45, 7) is 2.07. The lowest BCUT2D eigenvalue weighted by atomic mass is 10.2. The Balaban J connectivity index is 2.85. The molecule has 0 bridgehead atoms. The molecule has 0 aromatic heterocycles. The minimum atomic E-state index is -0.415. The van der Waals surface area contributed by atoms with Gasteiger partial charge in [-0.1, -0.05) is 41.9 Å². The summed E-state index contributed by atoms with van der Waals surface area (Å²) in [7, 11) is 0. The molecule has 0 aliphatic heterocycles. The molecule has 1 aromatic carbocycles. The molecule has 0 aliphatic rings. The molecule has 0 saturated heterocycles. The van der Waals surface area contributed by atoms with E-state index in [0.717, 1.165) is 5.56 Å². The first-order valence-corrected chi connectivity index (χ1v) is 6.45. The number of rotatable bonds is 5. The quantitative estimate of drug-likeness (QED) is 0.354. The summed E-state index contributed by atoms with van der Waals surface area (Å²) >= 11 is 11.8. The average molecular weight is 285 g/mol. The SMILES string of the molecule is CCOC(=O)/C(=C/C=C(\Cl)c1ccccc1)CCl. The molecular weight excluding hydrogens is 271 g/mol. The zero-order chi connectivity index (χ0) is 13.4. The molecule has 0 saturated carbocycles. The van der Waals surface area contributed by atoms with E-state index in [2.05, 4.69) is 0 Å². The van der Waals surface area contributed by atoms with Crippen LogP contribution in [0.1, 0.15) is 12.5 Å². The number of carbonyl (C=O) groups is 1. The van der Waals surface area contributed by atoms with Crippen LogP contribution in [0, 0.1) is 0 Å². The molecule has 0 N–H and O–H groups in total. The Bertz CT molecular complexity index is 450. The monoisotopic (exact) mass is 284 g/mol. The lowest BCUT2D eigenvalue weighted by Gasteiger charge is -2.02. The third-order valence-electron chi connectivity index (χ3n) is 2.16. The van der Waals surface area contributed by atoms with Crippen LogP contribution in [0.15, 0.2) is 48.1 Å². The minimum Gasteiger partial charge on any atom is -0.463 e. The Morgan fingerprint density at radius 3 is 2.50 bits per heavy atom. The molecule has 0 radical (unpaired) electrons. The molecule has 0 atom stereocenters. The fraction of sp³-hybridized carbons (Fsp3) is 0.214. The normalized spacial score (nSPS) is 12.4. The number of ether oxygens (including phenoxy) is 1. The van der Waals surface area contributed by atoms with E-state index in [0.29, 0.717) is 17.2 Å². The zero-order valence-electron chi connectivity index (χ0n) is 10.0. The predicted molar refractivity (Wildman–Crippen MR) is 75.7 cm³/mol. The molecule has 2 nitrogen and oxygen atoms in total. The van der Waals surface area contributed by atoms with E-state index in [9.17, 15) is 4.79 Å². The molecular formula is C14H14Cl2O2. The fourth-order valence-corrected chi connectivity index (χ4v) is 1.65. The van der Waals surface area contributed by atoms with Crippen molar-refractivity contribution in [1.82, 2.24) is 0 Å². The number of hydrogen-bond acceptors (Lipinski definition) is 2.